The Morgan fingerprint density at radius 2 is 1.33 bits per heavy atom. The van der Waals surface area contributed by atoms with Crippen LogP contribution in [0.3, 0.4) is 0 Å². The average Bonchev–Trinajstić information content (AvgIpc) is 2.68. The van der Waals surface area contributed by atoms with Crippen LogP contribution in [-0.4, -0.2) is 29.3 Å². The third-order valence-electron chi connectivity index (χ3n) is 5.74. The summed E-state index contributed by atoms with van der Waals surface area (Å²) >= 11 is -2.39. The number of benzene rings is 1. The Bertz CT molecular complexity index is 439. The van der Waals surface area contributed by atoms with E-state index in [1.807, 2.05) is 6.07 Å². The summed E-state index contributed by atoms with van der Waals surface area (Å²) in [5.74, 6) is 0.603. The van der Waals surface area contributed by atoms with Crippen molar-refractivity contribution < 1.29 is 9.47 Å². The molecule has 0 spiro atoms. The number of ether oxygens (including phenoxy) is 2. The quantitative estimate of drug-likeness (QED) is 0.137. The number of rotatable bonds is 16. The summed E-state index contributed by atoms with van der Waals surface area (Å²) in [7, 11) is 0. The van der Waals surface area contributed by atoms with Crippen molar-refractivity contribution in [3.8, 4) is 0 Å². The molecule has 0 heterocycles. The van der Waals surface area contributed by atoms with Gasteiger partial charge >= 0.3 is 174 Å². The molecule has 1 unspecified atom stereocenters. The second-order valence-electron chi connectivity index (χ2n) is 8.46. The molecular weight excluding hydrogens is 439 g/mol. The predicted octanol–water partition coefficient (Wildman–Crippen LogP) is 7.59. The first-order valence-corrected chi connectivity index (χ1v) is 19.0. The molecule has 0 aromatic heterocycles. The van der Waals surface area contributed by atoms with Crippen LogP contribution in [0.25, 0.3) is 0 Å². The minimum atomic E-state index is -2.39. The van der Waals surface area contributed by atoms with Gasteiger partial charge in [0.25, 0.3) is 0 Å². The van der Waals surface area contributed by atoms with Crippen molar-refractivity contribution in [1.29, 1.82) is 0 Å². The summed E-state index contributed by atoms with van der Waals surface area (Å²) in [6.45, 7) is 12.8. The van der Waals surface area contributed by atoms with E-state index < -0.39 is 18.4 Å². The van der Waals surface area contributed by atoms with Crippen LogP contribution in [0.5, 0.6) is 0 Å². The van der Waals surface area contributed by atoms with Gasteiger partial charge in [0.05, 0.1) is 0 Å². The van der Waals surface area contributed by atoms with Crippen LogP contribution in [0, 0.1) is 5.92 Å². The first kappa shape index (κ1) is 25.0. The van der Waals surface area contributed by atoms with E-state index >= 15 is 0 Å². The van der Waals surface area contributed by atoms with E-state index in [0.717, 1.165) is 0 Å². The third kappa shape index (κ3) is 9.32. The maximum absolute atomic E-state index is 6.55. The van der Waals surface area contributed by atoms with Crippen LogP contribution in [-0.2, 0) is 16.1 Å². The van der Waals surface area contributed by atoms with Gasteiger partial charge in [-0.15, -0.1) is 0 Å². The van der Waals surface area contributed by atoms with E-state index in [1.54, 1.807) is 0 Å². The van der Waals surface area contributed by atoms with E-state index in [9.17, 15) is 0 Å². The molecule has 1 atom stereocenters. The van der Waals surface area contributed by atoms with E-state index in [-0.39, 0.29) is 0 Å². The topological polar surface area (TPSA) is 18.5 Å². The van der Waals surface area contributed by atoms with Crippen LogP contribution in [0.15, 0.2) is 30.3 Å². The summed E-state index contributed by atoms with van der Waals surface area (Å²) in [5, 5.41) is 0. The van der Waals surface area contributed by atoms with Crippen LogP contribution >= 0.6 is 0 Å². The molecule has 3 heteroatoms. The van der Waals surface area contributed by atoms with Crippen molar-refractivity contribution in [3.05, 3.63) is 35.9 Å². The molecule has 1 aromatic carbocycles. The monoisotopic (exact) mass is 484 g/mol. The molecule has 1 aromatic rings. The molecule has 0 fully saturated rings. The summed E-state index contributed by atoms with van der Waals surface area (Å²) < 4.78 is 17.4. The molecule has 156 valence electrons. The Morgan fingerprint density at radius 1 is 0.815 bits per heavy atom. The van der Waals surface area contributed by atoms with Crippen molar-refractivity contribution in [2.45, 2.75) is 97.2 Å². The van der Waals surface area contributed by atoms with Gasteiger partial charge in [-0.3, -0.25) is 0 Å². The summed E-state index contributed by atoms with van der Waals surface area (Å²) in [6, 6.07) is 10.4. The van der Waals surface area contributed by atoms with Gasteiger partial charge in [-0.05, 0) is 0 Å². The predicted molar refractivity (Wildman–Crippen MR) is 121 cm³/mol. The van der Waals surface area contributed by atoms with Gasteiger partial charge in [-0.2, -0.15) is 0 Å². The molecule has 2 nitrogen and oxygen atoms in total. The van der Waals surface area contributed by atoms with E-state index in [2.05, 4.69) is 58.9 Å². The number of hydrogen-bond donors (Lipinski definition) is 0. The molecule has 0 aliphatic carbocycles. The molecule has 0 saturated carbocycles. The van der Waals surface area contributed by atoms with E-state index in [4.69, 9.17) is 9.47 Å². The molecular formula is C24H44O2Sn. The fourth-order valence-electron chi connectivity index (χ4n) is 4.32. The third-order valence-corrected chi connectivity index (χ3v) is 23.1. The molecule has 0 aliphatic heterocycles. The summed E-state index contributed by atoms with van der Waals surface area (Å²) in [5.41, 5.74) is 1.22. The van der Waals surface area contributed by atoms with Gasteiger partial charge < -0.3 is 0 Å². The second kappa shape index (κ2) is 14.9. The van der Waals surface area contributed by atoms with Gasteiger partial charge in [0.15, 0.2) is 0 Å². The van der Waals surface area contributed by atoms with Crippen molar-refractivity contribution in [2.75, 3.05) is 6.79 Å². The first-order valence-electron chi connectivity index (χ1n) is 11.3. The standard InChI is InChI=1S/C12H17O2.3C4H9.Sn/c1-11(2)8-13-10-14-9-12-6-4-3-5-7-12;3*1-3-4-2;/h3-8,11H,9-10H2,1-2H3;3*1,3-4H2,2H3;. The molecule has 0 bridgehead atoms. The van der Waals surface area contributed by atoms with Gasteiger partial charge in [0.1, 0.15) is 0 Å². The minimum absolute atomic E-state index is 0.445. The number of hydrogen-bond acceptors (Lipinski definition) is 2. The first-order chi connectivity index (χ1) is 13.1. The Balaban J connectivity index is 2.78. The number of unbranched alkanes of at least 4 members (excludes halogenated alkanes) is 3. The SMILES string of the molecule is CCC[CH2][Sn]([CH2]CCC)([CH2]CCC)[CH](OCOCc1ccccc1)C(C)C. The van der Waals surface area contributed by atoms with Crippen LogP contribution in [0.2, 0.25) is 13.3 Å². The zero-order valence-electron chi connectivity index (χ0n) is 18.6. The van der Waals surface area contributed by atoms with Crippen molar-refractivity contribution >= 4 is 18.4 Å². The van der Waals surface area contributed by atoms with Gasteiger partial charge in [0.2, 0.25) is 0 Å². The molecule has 27 heavy (non-hydrogen) atoms. The Kier molecular flexibility index (Phi) is 13.8. The van der Waals surface area contributed by atoms with Crippen LogP contribution in [0.4, 0.5) is 0 Å². The fourth-order valence-corrected chi connectivity index (χ4v) is 23.2. The maximum atomic E-state index is 6.55. The summed E-state index contributed by atoms with van der Waals surface area (Å²) in [6.07, 6.45) is 8.10. The van der Waals surface area contributed by atoms with Crippen molar-refractivity contribution in [3.63, 3.8) is 0 Å². The molecule has 1 rings (SSSR count). The van der Waals surface area contributed by atoms with Gasteiger partial charge in [-0.25, -0.2) is 0 Å². The Morgan fingerprint density at radius 3 is 1.78 bits per heavy atom. The molecule has 0 saturated heterocycles. The second-order valence-corrected chi connectivity index (χ2v) is 22.1. The van der Waals surface area contributed by atoms with Gasteiger partial charge in [0, 0.05) is 0 Å². The normalized spacial score (nSPS) is 13.3. The molecule has 0 amide bonds. The van der Waals surface area contributed by atoms with Crippen LogP contribution in [0.1, 0.15) is 78.7 Å². The molecule has 0 aliphatic rings. The van der Waals surface area contributed by atoms with Crippen molar-refractivity contribution in [1.82, 2.24) is 0 Å². The van der Waals surface area contributed by atoms with Crippen molar-refractivity contribution in [2.24, 2.45) is 5.92 Å². The van der Waals surface area contributed by atoms with Gasteiger partial charge in [-0.1, -0.05) is 0 Å². The van der Waals surface area contributed by atoms with E-state index in [0.29, 0.717) is 23.4 Å². The van der Waals surface area contributed by atoms with Crippen LogP contribution < -0.4 is 0 Å². The zero-order chi connectivity index (χ0) is 20.0. The average molecular weight is 483 g/mol. The molecule has 0 N–H and O–H groups in total. The fraction of sp³-hybridized carbons (Fsp3) is 0.750. The zero-order valence-corrected chi connectivity index (χ0v) is 21.5. The Labute approximate surface area is 173 Å². The molecule has 0 radical (unpaired) electrons. The summed E-state index contributed by atoms with van der Waals surface area (Å²) in [4.78, 5) is 0. The Hall–Kier alpha value is -0.0613. The van der Waals surface area contributed by atoms with E-state index in [1.165, 1.54) is 57.4 Å².